The van der Waals surface area contributed by atoms with E-state index in [0.717, 1.165) is 18.4 Å². The Bertz CT molecular complexity index is 675. The lowest BCUT2D eigenvalue weighted by atomic mass is 10.2. The topological polar surface area (TPSA) is 46.9 Å². The van der Waals surface area contributed by atoms with Crippen LogP contribution in [0.1, 0.15) is 30.0 Å². The van der Waals surface area contributed by atoms with Crippen molar-refractivity contribution in [2.75, 3.05) is 5.32 Å². The van der Waals surface area contributed by atoms with E-state index in [1.54, 1.807) is 4.68 Å². The number of carbonyl (C=O) groups excluding carboxylic acids is 1. The second-order valence-electron chi connectivity index (χ2n) is 5.34. The number of carbonyl (C=O) groups is 1. The number of nitrogens with zero attached hydrogens (tertiary/aromatic N) is 2. The summed E-state index contributed by atoms with van der Waals surface area (Å²) in [4.78, 5) is 11.1. The molecule has 1 aromatic carbocycles. The van der Waals surface area contributed by atoms with Gasteiger partial charge in [-0.05, 0) is 18.4 Å². The summed E-state index contributed by atoms with van der Waals surface area (Å²) in [7, 11) is 0. The average Bonchev–Trinajstić information content (AvgIpc) is 3.22. The van der Waals surface area contributed by atoms with Crippen molar-refractivity contribution in [1.82, 2.24) is 9.78 Å². The minimum atomic E-state index is -4.90. The molecule has 1 heterocycles. The quantitative estimate of drug-likeness (QED) is 0.942. The number of anilines is 1. The van der Waals surface area contributed by atoms with Crippen LogP contribution in [0.15, 0.2) is 36.5 Å². The van der Waals surface area contributed by atoms with E-state index in [0.29, 0.717) is 12.2 Å². The van der Waals surface area contributed by atoms with Gasteiger partial charge in [-0.25, -0.2) is 0 Å². The van der Waals surface area contributed by atoms with Gasteiger partial charge in [0, 0.05) is 12.1 Å². The van der Waals surface area contributed by atoms with Gasteiger partial charge in [0.25, 0.3) is 0 Å². The number of benzene rings is 1. The minimum absolute atomic E-state index is 0.139. The van der Waals surface area contributed by atoms with Crippen LogP contribution in [-0.2, 0) is 11.3 Å². The fourth-order valence-electron chi connectivity index (χ4n) is 2.24. The van der Waals surface area contributed by atoms with Gasteiger partial charge >= 0.3 is 12.1 Å². The normalized spacial score (nSPS) is 14.9. The maximum absolute atomic E-state index is 12.4. The Morgan fingerprint density at radius 3 is 2.55 bits per heavy atom. The molecular formula is C15H14F3N3O. The largest absolute Gasteiger partial charge is 0.471 e. The summed E-state index contributed by atoms with van der Waals surface area (Å²) in [5, 5.41) is 6.27. The van der Waals surface area contributed by atoms with E-state index in [-0.39, 0.29) is 11.6 Å². The van der Waals surface area contributed by atoms with Gasteiger partial charge < -0.3 is 5.32 Å². The minimum Gasteiger partial charge on any atom is -0.315 e. The molecule has 22 heavy (non-hydrogen) atoms. The van der Waals surface area contributed by atoms with Crippen LogP contribution in [-0.4, -0.2) is 21.9 Å². The number of halogens is 3. The van der Waals surface area contributed by atoms with Crippen molar-refractivity contribution in [3.63, 3.8) is 0 Å². The van der Waals surface area contributed by atoms with E-state index in [1.807, 2.05) is 35.6 Å². The van der Waals surface area contributed by atoms with Crippen LogP contribution in [0.4, 0.5) is 18.9 Å². The third-order valence-electron chi connectivity index (χ3n) is 3.45. The van der Waals surface area contributed by atoms with Crippen LogP contribution in [0, 0.1) is 0 Å². The molecular weight excluding hydrogens is 295 g/mol. The van der Waals surface area contributed by atoms with E-state index >= 15 is 0 Å². The van der Waals surface area contributed by atoms with Gasteiger partial charge in [0.2, 0.25) is 0 Å². The Hall–Kier alpha value is -2.31. The molecule has 4 nitrogen and oxygen atoms in total. The van der Waals surface area contributed by atoms with E-state index in [2.05, 4.69) is 5.10 Å². The van der Waals surface area contributed by atoms with Crippen molar-refractivity contribution in [2.24, 2.45) is 0 Å². The predicted molar refractivity (Wildman–Crippen MR) is 74.4 cm³/mol. The summed E-state index contributed by atoms with van der Waals surface area (Å²) in [5.74, 6) is -1.82. The lowest BCUT2D eigenvalue weighted by Crippen LogP contribution is -2.30. The Kier molecular flexibility index (Phi) is 3.64. The molecule has 0 bridgehead atoms. The molecule has 1 N–H and O–H groups in total. The van der Waals surface area contributed by atoms with E-state index in [9.17, 15) is 18.0 Å². The lowest BCUT2D eigenvalue weighted by molar-refractivity contribution is -0.167. The monoisotopic (exact) mass is 309 g/mol. The first kappa shape index (κ1) is 14.6. The molecule has 0 atom stereocenters. The van der Waals surface area contributed by atoms with Gasteiger partial charge in [0.05, 0.1) is 17.9 Å². The van der Waals surface area contributed by atoms with Gasteiger partial charge in [-0.15, -0.1) is 0 Å². The zero-order valence-corrected chi connectivity index (χ0v) is 11.6. The molecule has 0 spiro atoms. The van der Waals surface area contributed by atoms with Crippen molar-refractivity contribution in [2.45, 2.75) is 31.5 Å². The van der Waals surface area contributed by atoms with Gasteiger partial charge in [0.15, 0.2) is 0 Å². The fourth-order valence-corrected chi connectivity index (χ4v) is 2.24. The van der Waals surface area contributed by atoms with Crippen LogP contribution in [0.5, 0.6) is 0 Å². The summed E-state index contributed by atoms with van der Waals surface area (Å²) in [5.41, 5.74) is 1.68. The molecule has 0 radical (unpaired) electrons. The number of hydrogen-bond donors (Lipinski definition) is 1. The van der Waals surface area contributed by atoms with Gasteiger partial charge in [0.1, 0.15) is 0 Å². The smallest absolute Gasteiger partial charge is 0.315 e. The summed E-state index contributed by atoms with van der Waals surface area (Å²) >= 11 is 0. The number of aromatic nitrogens is 2. The van der Waals surface area contributed by atoms with Crippen LogP contribution >= 0.6 is 0 Å². The maximum Gasteiger partial charge on any atom is 0.471 e. The van der Waals surface area contributed by atoms with Crippen LogP contribution in [0.3, 0.4) is 0 Å². The summed E-state index contributed by atoms with van der Waals surface area (Å²) < 4.78 is 38.8. The zero-order valence-electron chi connectivity index (χ0n) is 11.6. The molecule has 1 aliphatic carbocycles. The number of nitrogens with one attached hydrogen (secondary N) is 1. The van der Waals surface area contributed by atoms with Gasteiger partial charge in [-0.1, -0.05) is 30.3 Å². The SMILES string of the molecule is O=C(Nc1cn(Cc2ccccc2)nc1C1CC1)C(F)(F)F. The highest BCUT2D eigenvalue weighted by molar-refractivity contribution is 5.95. The van der Waals surface area contributed by atoms with Crippen molar-refractivity contribution >= 4 is 11.6 Å². The van der Waals surface area contributed by atoms with Crippen LogP contribution < -0.4 is 5.32 Å². The fraction of sp³-hybridized carbons (Fsp3) is 0.333. The molecule has 1 fully saturated rings. The van der Waals surface area contributed by atoms with Crippen LogP contribution in [0.2, 0.25) is 0 Å². The Labute approximate surface area is 124 Å². The number of hydrogen-bond acceptors (Lipinski definition) is 2. The third kappa shape index (κ3) is 3.29. The summed E-state index contributed by atoms with van der Waals surface area (Å²) in [6.07, 6.45) is -1.67. The lowest BCUT2D eigenvalue weighted by Gasteiger charge is -2.07. The average molecular weight is 309 g/mol. The van der Waals surface area contributed by atoms with Crippen molar-refractivity contribution in [1.29, 1.82) is 0 Å². The molecule has 1 saturated carbocycles. The Morgan fingerprint density at radius 1 is 1.27 bits per heavy atom. The molecule has 116 valence electrons. The third-order valence-corrected chi connectivity index (χ3v) is 3.45. The molecule has 1 aliphatic rings. The predicted octanol–water partition coefficient (Wildman–Crippen LogP) is 3.31. The first-order valence-corrected chi connectivity index (χ1v) is 6.93. The van der Waals surface area contributed by atoms with Crippen LogP contribution in [0.25, 0.3) is 0 Å². The molecule has 1 aromatic heterocycles. The van der Waals surface area contributed by atoms with Crippen molar-refractivity contribution in [3.8, 4) is 0 Å². The van der Waals surface area contributed by atoms with Crippen molar-refractivity contribution in [3.05, 3.63) is 47.8 Å². The molecule has 1 amide bonds. The Balaban J connectivity index is 1.82. The molecule has 2 aromatic rings. The zero-order chi connectivity index (χ0) is 15.7. The number of amides is 1. The summed E-state index contributed by atoms with van der Waals surface area (Å²) in [6.45, 7) is 0.447. The number of rotatable bonds is 4. The molecule has 0 saturated heterocycles. The van der Waals surface area contributed by atoms with E-state index in [4.69, 9.17) is 0 Å². The van der Waals surface area contributed by atoms with Gasteiger partial charge in [-0.2, -0.15) is 18.3 Å². The highest BCUT2D eigenvalue weighted by atomic mass is 19.4. The highest BCUT2D eigenvalue weighted by Crippen LogP contribution is 2.42. The first-order valence-electron chi connectivity index (χ1n) is 6.93. The second kappa shape index (κ2) is 5.47. The van der Waals surface area contributed by atoms with E-state index in [1.165, 1.54) is 6.20 Å². The van der Waals surface area contributed by atoms with E-state index < -0.39 is 12.1 Å². The Morgan fingerprint density at radius 2 is 1.95 bits per heavy atom. The highest BCUT2D eigenvalue weighted by Gasteiger charge is 2.40. The molecule has 3 rings (SSSR count). The molecule has 0 aliphatic heterocycles. The number of alkyl halides is 3. The second-order valence-corrected chi connectivity index (χ2v) is 5.34. The first-order chi connectivity index (χ1) is 10.4. The maximum atomic E-state index is 12.4. The van der Waals surface area contributed by atoms with Gasteiger partial charge in [-0.3, -0.25) is 9.48 Å². The molecule has 0 unspecified atom stereocenters. The molecule has 7 heteroatoms. The standard InChI is InChI=1S/C15H14F3N3O/c16-15(17,18)14(22)19-12-9-21(20-13(12)11-6-7-11)8-10-4-2-1-3-5-10/h1-5,9,11H,6-8H2,(H,19,22). The summed E-state index contributed by atoms with van der Waals surface area (Å²) in [6, 6.07) is 9.47. The van der Waals surface area contributed by atoms with Crippen molar-refractivity contribution < 1.29 is 18.0 Å².